The third-order valence-electron chi connectivity index (χ3n) is 6.91. The third-order valence-corrected chi connectivity index (χ3v) is 7.96. The van der Waals surface area contributed by atoms with Crippen LogP contribution in [0.2, 0.25) is 0 Å². The molecule has 2 heterocycles. The molecule has 1 aliphatic carbocycles. The van der Waals surface area contributed by atoms with Gasteiger partial charge in [0.1, 0.15) is 5.52 Å². The summed E-state index contributed by atoms with van der Waals surface area (Å²) in [5, 5.41) is 4.19. The molecule has 0 unspecified atom stereocenters. The zero-order valence-electron chi connectivity index (χ0n) is 20.5. The number of imidazole rings is 1. The Hall–Kier alpha value is -3.90. The van der Waals surface area contributed by atoms with E-state index in [1.807, 2.05) is 48.7 Å². The van der Waals surface area contributed by atoms with Gasteiger partial charge >= 0.3 is 0 Å². The number of rotatable bonds is 7. The van der Waals surface area contributed by atoms with E-state index >= 15 is 0 Å². The fourth-order valence-electron chi connectivity index (χ4n) is 5.00. The molecule has 0 saturated heterocycles. The molecule has 0 bridgehead atoms. The van der Waals surface area contributed by atoms with E-state index in [9.17, 15) is 4.79 Å². The summed E-state index contributed by atoms with van der Waals surface area (Å²) in [7, 11) is 0. The normalized spacial score (nSPS) is 14.9. The lowest BCUT2D eigenvalue weighted by atomic mass is 9.87. The van der Waals surface area contributed by atoms with E-state index in [-0.39, 0.29) is 11.9 Å². The quantitative estimate of drug-likeness (QED) is 0.254. The Morgan fingerprint density at radius 2 is 1.73 bits per heavy atom. The molecule has 1 amide bonds. The van der Waals surface area contributed by atoms with E-state index in [4.69, 9.17) is 4.98 Å². The van der Waals surface area contributed by atoms with Crippen LogP contribution in [0.15, 0.2) is 102 Å². The number of carbonyl (C=O) groups excluding carboxylic acids is 1. The molecule has 0 radical (unpaired) electrons. The van der Waals surface area contributed by atoms with Crippen LogP contribution in [0.3, 0.4) is 0 Å². The van der Waals surface area contributed by atoms with Gasteiger partial charge < -0.3 is 5.32 Å². The van der Waals surface area contributed by atoms with Crippen LogP contribution in [0.5, 0.6) is 0 Å². The molecule has 5 nitrogen and oxygen atoms in total. The van der Waals surface area contributed by atoms with Crippen LogP contribution in [-0.4, -0.2) is 20.4 Å². The first kappa shape index (κ1) is 23.5. The highest BCUT2D eigenvalue weighted by Crippen LogP contribution is 2.30. The number of hydrogen-bond donors (Lipinski definition) is 1. The van der Waals surface area contributed by atoms with Crippen LogP contribution in [0, 0.1) is 0 Å². The van der Waals surface area contributed by atoms with Crippen molar-refractivity contribution in [1.29, 1.82) is 0 Å². The molecule has 37 heavy (non-hydrogen) atoms. The molecular formula is C31H28N4OS. The van der Waals surface area contributed by atoms with Crippen molar-refractivity contribution in [2.24, 2.45) is 0 Å². The van der Waals surface area contributed by atoms with Crippen LogP contribution in [-0.2, 0) is 18.7 Å². The Morgan fingerprint density at radius 3 is 2.59 bits per heavy atom. The molecule has 0 saturated carbocycles. The maximum absolute atomic E-state index is 13.1. The number of amides is 1. The number of fused-ring (bicyclic) bond motifs is 2. The first-order valence-electron chi connectivity index (χ1n) is 12.7. The lowest BCUT2D eigenvalue weighted by Gasteiger charge is -2.26. The summed E-state index contributed by atoms with van der Waals surface area (Å²) in [4.78, 5) is 22.5. The van der Waals surface area contributed by atoms with E-state index in [1.54, 1.807) is 11.8 Å². The number of aryl methyl sites for hydroxylation is 1. The van der Waals surface area contributed by atoms with Crippen molar-refractivity contribution < 1.29 is 4.79 Å². The van der Waals surface area contributed by atoms with Gasteiger partial charge in [-0.15, -0.1) is 0 Å². The lowest BCUT2D eigenvalue weighted by Crippen LogP contribution is -2.30. The molecule has 6 heteroatoms. The Bertz CT molecular complexity index is 1530. The summed E-state index contributed by atoms with van der Waals surface area (Å²) >= 11 is 1.71. The molecule has 1 atom stereocenters. The number of nitrogens with zero attached hydrogens (tertiary/aromatic N) is 3. The summed E-state index contributed by atoms with van der Waals surface area (Å²) in [5.41, 5.74) is 7.40. The minimum atomic E-state index is -0.0258. The van der Waals surface area contributed by atoms with Crippen LogP contribution in [0.1, 0.15) is 51.5 Å². The van der Waals surface area contributed by atoms with Crippen molar-refractivity contribution in [1.82, 2.24) is 19.9 Å². The summed E-state index contributed by atoms with van der Waals surface area (Å²) in [6, 6.07) is 30.8. The van der Waals surface area contributed by atoms with Gasteiger partial charge in [0.05, 0.1) is 12.6 Å². The van der Waals surface area contributed by atoms with Crippen molar-refractivity contribution in [3.63, 3.8) is 0 Å². The van der Waals surface area contributed by atoms with Gasteiger partial charge in [-0.3, -0.25) is 9.36 Å². The summed E-state index contributed by atoms with van der Waals surface area (Å²) < 4.78 is 2.16. The minimum absolute atomic E-state index is 0.0258. The Morgan fingerprint density at radius 1 is 0.919 bits per heavy atom. The molecule has 2 aromatic heterocycles. The average molecular weight is 505 g/mol. The largest absolute Gasteiger partial charge is 0.345 e. The van der Waals surface area contributed by atoms with Gasteiger partial charge in [0.15, 0.2) is 10.8 Å². The molecule has 3 aromatic carbocycles. The van der Waals surface area contributed by atoms with Crippen LogP contribution >= 0.6 is 11.8 Å². The monoisotopic (exact) mass is 504 g/mol. The highest BCUT2D eigenvalue weighted by atomic mass is 32.2. The van der Waals surface area contributed by atoms with E-state index in [1.165, 1.54) is 16.7 Å². The van der Waals surface area contributed by atoms with Gasteiger partial charge in [0.2, 0.25) is 0 Å². The van der Waals surface area contributed by atoms with Gasteiger partial charge in [-0.05, 0) is 65.8 Å². The lowest BCUT2D eigenvalue weighted by molar-refractivity contribution is 0.0932. The number of thioether (sulfide) groups is 1. The molecule has 0 aliphatic heterocycles. The van der Waals surface area contributed by atoms with Gasteiger partial charge in [-0.25, -0.2) is 9.97 Å². The second kappa shape index (κ2) is 10.6. The van der Waals surface area contributed by atoms with E-state index in [0.717, 1.165) is 46.9 Å². The number of carbonyl (C=O) groups is 1. The average Bonchev–Trinajstić information content (AvgIpc) is 3.30. The highest BCUT2D eigenvalue weighted by molar-refractivity contribution is 7.98. The maximum Gasteiger partial charge on any atom is 0.251 e. The highest BCUT2D eigenvalue weighted by Gasteiger charge is 2.22. The van der Waals surface area contributed by atoms with Gasteiger partial charge in [0.25, 0.3) is 5.91 Å². The SMILES string of the molecule is O=C(N[C@@H]1CCCc2ccccc21)c1ccc(Cn2c(SCc3ccccc3)nc3cccnc32)cc1. The first-order valence-corrected chi connectivity index (χ1v) is 13.7. The Kier molecular flexibility index (Phi) is 6.74. The molecule has 6 rings (SSSR count). The predicted octanol–water partition coefficient (Wildman–Crippen LogP) is 6.58. The molecule has 0 spiro atoms. The van der Waals surface area contributed by atoms with Crippen molar-refractivity contribution in [2.45, 2.75) is 42.8 Å². The smallest absolute Gasteiger partial charge is 0.251 e. The van der Waals surface area contributed by atoms with Crippen molar-refractivity contribution in [3.8, 4) is 0 Å². The van der Waals surface area contributed by atoms with E-state index in [2.05, 4.69) is 63.4 Å². The first-order chi connectivity index (χ1) is 18.2. The number of hydrogen-bond acceptors (Lipinski definition) is 4. The molecular weight excluding hydrogens is 476 g/mol. The molecule has 1 aliphatic rings. The fourth-order valence-corrected chi connectivity index (χ4v) is 5.96. The topological polar surface area (TPSA) is 59.8 Å². The minimum Gasteiger partial charge on any atom is -0.345 e. The van der Waals surface area contributed by atoms with Gasteiger partial charge in [0, 0.05) is 17.5 Å². The maximum atomic E-state index is 13.1. The Balaban J connectivity index is 1.19. The van der Waals surface area contributed by atoms with Crippen molar-refractivity contribution in [3.05, 3.63) is 125 Å². The van der Waals surface area contributed by atoms with Crippen LogP contribution < -0.4 is 5.32 Å². The molecule has 5 aromatic rings. The zero-order chi connectivity index (χ0) is 25.0. The third kappa shape index (κ3) is 5.16. The summed E-state index contributed by atoms with van der Waals surface area (Å²) in [6.45, 7) is 0.641. The number of nitrogens with one attached hydrogen (secondary N) is 1. The fraction of sp³-hybridized carbons (Fsp3) is 0.194. The summed E-state index contributed by atoms with van der Waals surface area (Å²) in [6.07, 6.45) is 4.97. The number of pyridine rings is 1. The van der Waals surface area contributed by atoms with E-state index < -0.39 is 0 Å². The van der Waals surface area contributed by atoms with Crippen LogP contribution in [0.25, 0.3) is 11.2 Å². The second-order valence-electron chi connectivity index (χ2n) is 9.41. The predicted molar refractivity (Wildman–Crippen MR) is 149 cm³/mol. The van der Waals surface area contributed by atoms with Crippen LogP contribution in [0.4, 0.5) is 0 Å². The standard InChI is InChI=1S/C31H28N4OS/c36-30(33-27-13-6-11-24-10-4-5-12-26(24)27)25-17-15-22(16-18-25)20-35-29-28(14-7-19-32-29)34-31(35)37-21-23-8-2-1-3-9-23/h1-5,7-10,12,14-19,27H,6,11,13,20-21H2,(H,33,36)/t27-/m1/s1. The summed E-state index contributed by atoms with van der Waals surface area (Å²) in [5.74, 6) is 0.815. The van der Waals surface area contributed by atoms with Gasteiger partial charge in [-0.2, -0.15) is 0 Å². The molecule has 1 N–H and O–H groups in total. The van der Waals surface area contributed by atoms with Crippen molar-refractivity contribution in [2.75, 3.05) is 0 Å². The van der Waals surface area contributed by atoms with E-state index in [0.29, 0.717) is 12.1 Å². The molecule has 0 fully saturated rings. The zero-order valence-corrected chi connectivity index (χ0v) is 21.3. The number of benzene rings is 3. The second-order valence-corrected chi connectivity index (χ2v) is 10.4. The van der Waals surface area contributed by atoms with Crippen molar-refractivity contribution >= 4 is 28.8 Å². The Labute approximate surface area is 221 Å². The van der Waals surface area contributed by atoms with Gasteiger partial charge in [-0.1, -0.05) is 78.5 Å². The molecule has 184 valence electrons. The number of aromatic nitrogens is 3.